The number of nitrogens with one attached hydrogen (secondary N) is 1. The largest absolute Gasteiger partial charge is 0.495 e. The third-order valence-corrected chi connectivity index (χ3v) is 3.27. The quantitative estimate of drug-likeness (QED) is 0.751. The van der Waals surface area contributed by atoms with Gasteiger partial charge in [0, 0.05) is 40.0 Å². The highest BCUT2D eigenvalue weighted by molar-refractivity contribution is 5.69. The Balaban J connectivity index is 3.07. The molecule has 0 atom stereocenters. The molecule has 0 heterocycles. The molecule has 0 aliphatic heterocycles. The summed E-state index contributed by atoms with van der Waals surface area (Å²) in [4.78, 5) is 2.21. The highest BCUT2D eigenvalue weighted by Gasteiger charge is 2.14. The molecule has 1 rings (SSSR count). The van der Waals surface area contributed by atoms with Crippen LogP contribution < -0.4 is 15.0 Å². The SMILES string of the molecule is CNc1cc(N(CCOC)CCOC)c(OC)cc1C. The first-order valence-corrected chi connectivity index (χ1v) is 6.77. The van der Waals surface area contributed by atoms with Gasteiger partial charge in [-0.15, -0.1) is 0 Å². The van der Waals surface area contributed by atoms with Crippen molar-refractivity contribution < 1.29 is 14.2 Å². The summed E-state index contributed by atoms with van der Waals surface area (Å²) < 4.78 is 15.9. The second kappa shape index (κ2) is 8.66. The van der Waals surface area contributed by atoms with Gasteiger partial charge in [0.1, 0.15) is 5.75 Å². The number of methoxy groups -OCH3 is 3. The summed E-state index contributed by atoms with van der Waals surface area (Å²) in [7, 11) is 7.04. The molecule has 0 saturated heterocycles. The molecule has 114 valence electrons. The monoisotopic (exact) mass is 282 g/mol. The zero-order valence-corrected chi connectivity index (χ0v) is 13.2. The average Bonchev–Trinajstić information content (AvgIpc) is 2.47. The normalized spacial score (nSPS) is 10.4. The lowest BCUT2D eigenvalue weighted by molar-refractivity contribution is 0.190. The van der Waals surface area contributed by atoms with Crippen LogP contribution in [0, 0.1) is 6.92 Å². The van der Waals surface area contributed by atoms with Gasteiger partial charge in [0.25, 0.3) is 0 Å². The molecule has 0 spiro atoms. The van der Waals surface area contributed by atoms with Crippen LogP contribution >= 0.6 is 0 Å². The molecule has 0 bridgehead atoms. The summed E-state index contributed by atoms with van der Waals surface area (Å²) in [5.41, 5.74) is 3.31. The van der Waals surface area contributed by atoms with Crippen LogP contribution in [0.2, 0.25) is 0 Å². The maximum absolute atomic E-state index is 5.52. The Kier molecular flexibility index (Phi) is 7.18. The van der Waals surface area contributed by atoms with Crippen LogP contribution in [0.15, 0.2) is 12.1 Å². The van der Waals surface area contributed by atoms with E-state index in [0.29, 0.717) is 13.2 Å². The van der Waals surface area contributed by atoms with Crippen molar-refractivity contribution >= 4 is 11.4 Å². The predicted octanol–water partition coefficient (Wildman–Crippen LogP) is 2.14. The average molecular weight is 282 g/mol. The van der Waals surface area contributed by atoms with Crippen LogP contribution in [0.1, 0.15) is 5.56 Å². The number of benzene rings is 1. The van der Waals surface area contributed by atoms with Gasteiger partial charge in [0.05, 0.1) is 26.0 Å². The van der Waals surface area contributed by atoms with E-state index in [2.05, 4.69) is 23.2 Å². The first kappa shape index (κ1) is 16.6. The molecule has 0 radical (unpaired) electrons. The van der Waals surface area contributed by atoms with Gasteiger partial charge in [0.2, 0.25) is 0 Å². The molecular weight excluding hydrogens is 256 g/mol. The van der Waals surface area contributed by atoms with Crippen molar-refractivity contribution in [1.82, 2.24) is 0 Å². The van der Waals surface area contributed by atoms with E-state index in [4.69, 9.17) is 14.2 Å². The van der Waals surface area contributed by atoms with Crippen molar-refractivity contribution in [2.45, 2.75) is 6.92 Å². The molecule has 1 aromatic carbocycles. The Morgan fingerprint density at radius 1 is 1.05 bits per heavy atom. The van der Waals surface area contributed by atoms with Gasteiger partial charge in [-0.25, -0.2) is 0 Å². The Hall–Kier alpha value is -1.46. The van der Waals surface area contributed by atoms with Gasteiger partial charge >= 0.3 is 0 Å². The lowest BCUT2D eigenvalue weighted by Gasteiger charge is -2.27. The number of aryl methyl sites for hydroxylation is 1. The third kappa shape index (κ3) is 4.28. The van der Waals surface area contributed by atoms with Crippen molar-refractivity contribution in [2.75, 3.05) is 64.9 Å². The molecule has 1 aromatic rings. The molecule has 20 heavy (non-hydrogen) atoms. The Bertz CT molecular complexity index is 402. The smallest absolute Gasteiger partial charge is 0.142 e. The highest BCUT2D eigenvalue weighted by Crippen LogP contribution is 2.33. The summed E-state index contributed by atoms with van der Waals surface area (Å²) in [5, 5.41) is 3.21. The maximum Gasteiger partial charge on any atom is 0.142 e. The van der Waals surface area contributed by atoms with E-state index >= 15 is 0 Å². The summed E-state index contributed by atoms with van der Waals surface area (Å²) in [5.74, 6) is 0.869. The molecule has 0 aliphatic carbocycles. The van der Waals surface area contributed by atoms with Crippen molar-refractivity contribution in [2.24, 2.45) is 0 Å². The van der Waals surface area contributed by atoms with Gasteiger partial charge in [-0.2, -0.15) is 0 Å². The molecule has 0 aromatic heterocycles. The molecule has 0 unspecified atom stereocenters. The number of hydrogen-bond acceptors (Lipinski definition) is 5. The molecule has 0 amide bonds. The van der Waals surface area contributed by atoms with Crippen LogP contribution in [0.3, 0.4) is 0 Å². The lowest BCUT2D eigenvalue weighted by atomic mass is 10.1. The zero-order valence-electron chi connectivity index (χ0n) is 13.2. The summed E-state index contributed by atoms with van der Waals surface area (Å²) in [6.07, 6.45) is 0. The van der Waals surface area contributed by atoms with Crippen LogP contribution in [-0.2, 0) is 9.47 Å². The first-order valence-electron chi connectivity index (χ1n) is 6.77. The lowest BCUT2D eigenvalue weighted by Crippen LogP contribution is -2.31. The van der Waals surface area contributed by atoms with Gasteiger partial charge in [-0.3, -0.25) is 0 Å². The van der Waals surface area contributed by atoms with Crippen LogP contribution in [0.25, 0.3) is 0 Å². The molecular formula is C15H26N2O3. The number of nitrogens with zero attached hydrogens (tertiary/aromatic N) is 1. The predicted molar refractivity (Wildman–Crippen MR) is 83.2 cm³/mol. The number of rotatable bonds is 9. The van der Waals surface area contributed by atoms with E-state index < -0.39 is 0 Å². The third-order valence-electron chi connectivity index (χ3n) is 3.27. The van der Waals surface area contributed by atoms with E-state index in [1.165, 1.54) is 0 Å². The Morgan fingerprint density at radius 2 is 1.65 bits per heavy atom. The van der Waals surface area contributed by atoms with Crippen molar-refractivity contribution in [3.63, 3.8) is 0 Å². The van der Waals surface area contributed by atoms with E-state index in [9.17, 15) is 0 Å². The fourth-order valence-electron chi connectivity index (χ4n) is 2.11. The Morgan fingerprint density at radius 3 is 2.10 bits per heavy atom. The van der Waals surface area contributed by atoms with Crippen molar-refractivity contribution in [3.8, 4) is 5.75 Å². The van der Waals surface area contributed by atoms with Crippen LogP contribution in [0.5, 0.6) is 5.75 Å². The first-order chi connectivity index (χ1) is 9.67. The van der Waals surface area contributed by atoms with E-state index in [-0.39, 0.29) is 0 Å². The van der Waals surface area contributed by atoms with Gasteiger partial charge in [-0.05, 0) is 24.6 Å². The summed E-state index contributed by atoms with van der Waals surface area (Å²) in [6, 6.07) is 4.16. The molecule has 0 fully saturated rings. The van der Waals surface area contributed by atoms with E-state index in [0.717, 1.165) is 35.8 Å². The Labute approximate surface area is 121 Å². The maximum atomic E-state index is 5.52. The van der Waals surface area contributed by atoms with Gasteiger partial charge in [-0.1, -0.05) is 0 Å². The number of hydrogen-bond donors (Lipinski definition) is 1. The second-order valence-corrected chi connectivity index (χ2v) is 4.56. The fraction of sp³-hybridized carbons (Fsp3) is 0.600. The van der Waals surface area contributed by atoms with Crippen molar-refractivity contribution in [3.05, 3.63) is 17.7 Å². The fourth-order valence-corrected chi connectivity index (χ4v) is 2.11. The van der Waals surface area contributed by atoms with E-state index in [1.54, 1.807) is 21.3 Å². The second-order valence-electron chi connectivity index (χ2n) is 4.56. The van der Waals surface area contributed by atoms with E-state index in [1.807, 2.05) is 13.1 Å². The topological polar surface area (TPSA) is 43.0 Å². The summed E-state index contributed by atoms with van der Waals surface area (Å²) >= 11 is 0. The number of anilines is 2. The van der Waals surface area contributed by atoms with Crippen LogP contribution in [0.4, 0.5) is 11.4 Å². The molecule has 0 saturated carbocycles. The highest BCUT2D eigenvalue weighted by atomic mass is 16.5. The van der Waals surface area contributed by atoms with Crippen molar-refractivity contribution in [1.29, 1.82) is 0 Å². The van der Waals surface area contributed by atoms with Gasteiger partial charge in [0.15, 0.2) is 0 Å². The number of ether oxygens (including phenoxy) is 3. The summed E-state index contributed by atoms with van der Waals surface area (Å²) in [6.45, 7) is 4.98. The van der Waals surface area contributed by atoms with Crippen LogP contribution in [-0.4, -0.2) is 54.7 Å². The molecule has 5 nitrogen and oxygen atoms in total. The molecule has 0 aliphatic rings. The standard InChI is InChI=1S/C15H26N2O3/c1-12-10-15(20-5)14(11-13(12)16-2)17(6-8-18-3)7-9-19-4/h10-11,16H,6-9H2,1-5H3. The minimum absolute atomic E-state index is 0.662. The minimum Gasteiger partial charge on any atom is -0.495 e. The molecule has 5 heteroatoms. The molecule has 1 N–H and O–H groups in total. The zero-order chi connectivity index (χ0) is 15.0. The minimum atomic E-state index is 0.662. The van der Waals surface area contributed by atoms with Gasteiger partial charge < -0.3 is 24.4 Å².